The Hall–Kier alpha value is -2.69. The lowest BCUT2D eigenvalue weighted by molar-refractivity contribution is -0.123. The first-order valence-electron chi connectivity index (χ1n) is 7.25. The normalized spacial score (nSPS) is 11.2. The highest BCUT2D eigenvalue weighted by molar-refractivity contribution is 5.99. The summed E-state index contributed by atoms with van der Waals surface area (Å²) in [6.45, 7) is 5.65. The lowest BCUT2D eigenvalue weighted by Crippen LogP contribution is -2.25. The van der Waals surface area contributed by atoms with Crippen LogP contribution in [0.4, 0.5) is 4.39 Å². The van der Waals surface area contributed by atoms with E-state index in [1.165, 1.54) is 23.8 Å². The fourth-order valence-corrected chi connectivity index (χ4v) is 1.92. The number of rotatable bonds is 5. The van der Waals surface area contributed by atoms with Crippen LogP contribution in [0.3, 0.4) is 0 Å². The molecule has 0 aliphatic carbocycles. The lowest BCUT2D eigenvalue weighted by atomic mass is 10.0. The van der Waals surface area contributed by atoms with E-state index in [1.807, 2.05) is 39.0 Å². The van der Waals surface area contributed by atoms with E-state index >= 15 is 0 Å². The first kappa shape index (κ1) is 16.7. The number of amides is 1. The molecule has 2 rings (SSSR count). The Labute approximate surface area is 135 Å². The second kappa shape index (κ2) is 7.54. The van der Waals surface area contributed by atoms with E-state index in [9.17, 15) is 9.18 Å². The summed E-state index contributed by atoms with van der Waals surface area (Å²) in [5.74, 6) is -0.515. The fourth-order valence-electron chi connectivity index (χ4n) is 1.92. The molecule has 0 saturated carbocycles. The average molecular weight is 314 g/mol. The van der Waals surface area contributed by atoms with Gasteiger partial charge in [0.15, 0.2) is 6.61 Å². The molecule has 0 heterocycles. The van der Waals surface area contributed by atoms with Crippen LogP contribution in [0.25, 0.3) is 0 Å². The first-order valence-corrected chi connectivity index (χ1v) is 7.25. The second-order valence-electron chi connectivity index (χ2n) is 5.28. The van der Waals surface area contributed by atoms with Crippen molar-refractivity contribution in [2.75, 3.05) is 6.61 Å². The predicted octanol–water partition coefficient (Wildman–Crippen LogP) is 3.36. The van der Waals surface area contributed by atoms with E-state index in [2.05, 4.69) is 10.5 Å². The van der Waals surface area contributed by atoms with Gasteiger partial charge in [0, 0.05) is 6.07 Å². The van der Waals surface area contributed by atoms with Crippen molar-refractivity contribution in [3.8, 4) is 5.75 Å². The number of hydrazone groups is 1. The van der Waals surface area contributed by atoms with Crippen molar-refractivity contribution in [3.05, 3.63) is 65.0 Å². The number of hydrogen-bond acceptors (Lipinski definition) is 3. The molecule has 0 aromatic heterocycles. The van der Waals surface area contributed by atoms with Gasteiger partial charge in [0.05, 0.1) is 5.71 Å². The van der Waals surface area contributed by atoms with Crippen molar-refractivity contribution in [1.82, 2.24) is 5.43 Å². The van der Waals surface area contributed by atoms with E-state index in [0.29, 0.717) is 11.5 Å². The molecule has 0 aliphatic heterocycles. The molecular weight excluding hydrogens is 295 g/mol. The number of aryl methyl sites for hydroxylation is 2. The molecule has 0 bridgehead atoms. The van der Waals surface area contributed by atoms with Crippen LogP contribution >= 0.6 is 0 Å². The molecule has 0 unspecified atom stereocenters. The quantitative estimate of drug-likeness (QED) is 0.679. The molecule has 0 saturated heterocycles. The van der Waals surface area contributed by atoms with Crippen molar-refractivity contribution >= 4 is 11.6 Å². The molecule has 0 fully saturated rings. The van der Waals surface area contributed by atoms with E-state index in [1.54, 1.807) is 6.07 Å². The summed E-state index contributed by atoms with van der Waals surface area (Å²) in [4.78, 5) is 11.7. The summed E-state index contributed by atoms with van der Waals surface area (Å²) in [6.07, 6.45) is 0. The Morgan fingerprint density at radius 1 is 1.17 bits per heavy atom. The van der Waals surface area contributed by atoms with Crippen molar-refractivity contribution in [1.29, 1.82) is 0 Å². The minimum absolute atomic E-state index is 0.229. The second-order valence-corrected chi connectivity index (χ2v) is 5.28. The molecule has 2 aromatic carbocycles. The highest BCUT2D eigenvalue weighted by Crippen LogP contribution is 2.12. The average Bonchev–Trinajstić information content (AvgIpc) is 2.53. The third kappa shape index (κ3) is 4.92. The number of nitrogens with zero attached hydrogens (tertiary/aromatic N) is 1. The Balaban J connectivity index is 1.90. The molecule has 120 valence electrons. The van der Waals surface area contributed by atoms with Gasteiger partial charge in [-0.15, -0.1) is 0 Å². The number of carbonyl (C=O) groups is 1. The molecule has 0 atom stereocenters. The molecule has 1 amide bonds. The van der Waals surface area contributed by atoms with E-state index in [-0.39, 0.29) is 6.61 Å². The molecule has 0 aliphatic rings. The Morgan fingerprint density at radius 3 is 2.65 bits per heavy atom. The smallest absolute Gasteiger partial charge is 0.277 e. The topological polar surface area (TPSA) is 50.7 Å². The Kier molecular flexibility index (Phi) is 5.46. The predicted molar refractivity (Wildman–Crippen MR) is 88.2 cm³/mol. The van der Waals surface area contributed by atoms with Crippen molar-refractivity contribution in [2.45, 2.75) is 20.8 Å². The van der Waals surface area contributed by atoms with Gasteiger partial charge >= 0.3 is 0 Å². The van der Waals surface area contributed by atoms with Crippen LogP contribution in [0, 0.1) is 19.7 Å². The Bertz CT molecular complexity index is 742. The number of halogens is 1. The monoisotopic (exact) mass is 314 g/mol. The van der Waals surface area contributed by atoms with Crippen LogP contribution in [-0.4, -0.2) is 18.2 Å². The van der Waals surface area contributed by atoms with Gasteiger partial charge in [-0.3, -0.25) is 4.79 Å². The van der Waals surface area contributed by atoms with Gasteiger partial charge in [-0.25, -0.2) is 9.82 Å². The standard InChI is InChI=1S/C18H19FN2O2/c1-12-7-8-15(9-13(12)2)14(3)20-21-18(22)11-23-17-6-4-5-16(19)10-17/h4-10H,11H2,1-3H3,(H,21,22)/b20-14-. The van der Waals surface area contributed by atoms with Gasteiger partial charge < -0.3 is 4.74 Å². The molecule has 0 spiro atoms. The SMILES string of the molecule is C/C(=N/NC(=O)COc1cccc(F)c1)c1ccc(C)c(C)c1. The molecule has 4 nitrogen and oxygen atoms in total. The summed E-state index contributed by atoms with van der Waals surface area (Å²) in [5.41, 5.74) is 6.44. The van der Waals surface area contributed by atoms with Crippen LogP contribution in [0.5, 0.6) is 5.75 Å². The Morgan fingerprint density at radius 2 is 1.96 bits per heavy atom. The van der Waals surface area contributed by atoms with Crippen LogP contribution in [0.2, 0.25) is 0 Å². The summed E-state index contributed by atoms with van der Waals surface area (Å²) < 4.78 is 18.2. The maximum absolute atomic E-state index is 13.0. The summed E-state index contributed by atoms with van der Waals surface area (Å²) in [5, 5.41) is 4.06. The van der Waals surface area contributed by atoms with Crippen molar-refractivity contribution in [2.24, 2.45) is 5.10 Å². The first-order chi connectivity index (χ1) is 11.0. The zero-order valence-corrected chi connectivity index (χ0v) is 13.4. The summed E-state index contributed by atoms with van der Waals surface area (Å²) in [6, 6.07) is 11.6. The highest BCUT2D eigenvalue weighted by Gasteiger charge is 2.04. The van der Waals surface area contributed by atoms with E-state index in [0.717, 1.165) is 11.1 Å². The minimum Gasteiger partial charge on any atom is -0.484 e. The molecular formula is C18H19FN2O2. The number of nitrogens with one attached hydrogen (secondary N) is 1. The summed E-state index contributed by atoms with van der Waals surface area (Å²) >= 11 is 0. The van der Waals surface area contributed by atoms with Gasteiger partial charge in [0.25, 0.3) is 5.91 Å². The van der Waals surface area contributed by atoms with Crippen molar-refractivity contribution < 1.29 is 13.9 Å². The third-order valence-electron chi connectivity index (χ3n) is 3.44. The largest absolute Gasteiger partial charge is 0.484 e. The zero-order valence-electron chi connectivity index (χ0n) is 13.4. The zero-order chi connectivity index (χ0) is 16.8. The number of hydrogen-bond donors (Lipinski definition) is 1. The molecule has 1 N–H and O–H groups in total. The fraction of sp³-hybridized carbons (Fsp3) is 0.222. The van der Waals surface area contributed by atoms with Crippen LogP contribution < -0.4 is 10.2 Å². The molecule has 5 heteroatoms. The maximum atomic E-state index is 13.0. The van der Waals surface area contributed by atoms with Crippen LogP contribution in [0.15, 0.2) is 47.6 Å². The van der Waals surface area contributed by atoms with Gasteiger partial charge in [0.1, 0.15) is 11.6 Å². The van der Waals surface area contributed by atoms with Crippen LogP contribution in [0.1, 0.15) is 23.6 Å². The van der Waals surface area contributed by atoms with Gasteiger partial charge in [0.2, 0.25) is 0 Å². The molecule has 23 heavy (non-hydrogen) atoms. The minimum atomic E-state index is -0.411. The highest BCUT2D eigenvalue weighted by atomic mass is 19.1. The third-order valence-corrected chi connectivity index (χ3v) is 3.44. The maximum Gasteiger partial charge on any atom is 0.277 e. The number of benzene rings is 2. The molecule has 0 radical (unpaired) electrons. The summed E-state index contributed by atoms with van der Waals surface area (Å²) in [7, 11) is 0. The van der Waals surface area contributed by atoms with E-state index in [4.69, 9.17) is 4.74 Å². The van der Waals surface area contributed by atoms with Crippen LogP contribution in [-0.2, 0) is 4.79 Å². The number of ether oxygens (including phenoxy) is 1. The number of carbonyl (C=O) groups excluding carboxylic acids is 1. The van der Waals surface area contributed by atoms with Gasteiger partial charge in [-0.1, -0.05) is 18.2 Å². The molecule has 2 aromatic rings. The van der Waals surface area contributed by atoms with Gasteiger partial charge in [-0.2, -0.15) is 5.10 Å². The van der Waals surface area contributed by atoms with Crippen molar-refractivity contribution in [3.63, 3.8) is 0 Å². The lowest BCUT2D eigenvalue weighted by Gasteiger charge is -2.07. The van der Waals surface area contributed by atoms with Gasteiger partial charge in [-0.05, 0) is 55.7 Å². The van der Waals surface area contributed by atoms with E-state index < -0.39 is 11.7 Å².